The lowest BCUT2D eigenvalue weighted by Gasteiger charge is -2.08. The van der Waals surface area contributed by atoms with Crippen molar-refractivity contribution >= 4 is 46.4 Å². The van der Waals surface area contributed by atoms with Crippen LogP contribution in [-0.4, -0.2) is 20.3 Å². The predicted octanol–water partition coefficient (Wildman–Crippen LogP) is 3.39. The van der Waals surface area contributed by atoms with Crippen LogP contribution in [0.25, 0.3) is 0 Å². The molecule has 0 fully saturated rings. The van der Waals surface area contributed by atoms with Gasteiger partial charge < -0.3 is 4.98 Å². The zero-order valence-electron chi connectivity index (χ0n) is 8.95. The lowest BCUT2D eigenvalue weighted by molar-refractivity contribution is 0.0991. The molecule has 0 spiro atoms. The number of alkyl halides is 3. The molecule has 0 saturated carbocycles. The van der Waals surface area contributed by atoms with Crippen molar-refractivity contribution < 1.29 is 9.59 Å². The van der Waals surface area contributed by atoms with Crippen LogP contribution in [0.15, 0.2) is 0 Å². The molecule has 0 saturated heterocycles. The molecule has 0 radical (unpaired) electrons. The van der Waals surface area contributed by atoms with Crippen molar-refractivity contribution in [3.8, 4) is 0 Å². The summed E-state index contributed by atoms with van der Waals surface area (Å²) in [6, 6.07) is 0. The minimum absolute atomic E-state index is 0.130. The highest BCUT2D eigenvalue weighted by atomic mass is 35.6. The van der Waals surface area contributed by atoms with Crippen molar-refractivity contribution in [1.29, 1.82) is 0 Å². The Morgan fingerprint density at radius 2 is 1.69 bits per heavy atom. The van der Waals surface area contributed by atoms with E-state index < -0.39 is 9.58 Å². The van der Waals surface area contributed by atoms with Crippen LogP contribution >= 0.6 is 34.8 Å². The van der Waals surface area contributed by atoms with Gasteiger partial charge in [-0.1, -0.05) is 34.8 Å². The fraction of sp³-hybridized carbons (Fsp3) is 0.400. The molecule has 0 aliphatic heterocycles. The number of nitrogens with one attached hydrogen (secondary N) is 1. The standard InChI is InChI=1S/C10H10Cl3NO2/c1-4-7(6(3)15)5(2)14-8(4)9(16)10(11,12)13/h14H,1-3H3. The second-order valence-corrected chi connectivity index (χ2v) is 5.79. The third-order valence-corrected chi connectivity index (χ3v) is 2.79. The number of hydrogen-bond acceptors (Lipinski definition) is 2. The molecule has 1 heterocycles. The summed E-state index contributed by atoms with van der Waals surface area (Å²) in [6.07, 6.45) is 0. The average molecular weight is 283 g/mol. The molecular formula is C10H10Cl3NO2. The van der Waals surface area contributed by atoms with E-state index >= 15 is 0 Å². The van der Waals surface area contributed by atoms with E-state index in [2.05, 4.69) is 4.98 Å². The highest BCUT2D eigenvalue weighted by Gasteiger charge is 2.35. The molecule has 0 aromatic carbocycles. The quantitative estimate of drug-likeness (QED) is 0.668. The Morgan fingerprint density at radius 3 is 2.00 bits per heavy atom. The topological polar surface area (TPSA) is 49.9 Å². The number of ketones is 2. The number of hydrogen-bond donors (Lipinski definition) is 1. The lowest BCUT2D eigenvalue weighted by Crippen LogP contribution is -2.20. The van der Waals surface area contributed by atoms with Crippen molar-refractivity contribution in [3.05, 3.63) is 22.5 Å². The number of carbonyl (C=O) groups is 2. The summed E-state index contributed by atoms with van der Waals surface area (Å²) in [5, 5.41) is 0. The first-order valence-corrected chi connectivity index (χ1v) is 5.61. The van der Waals surface area contributed by atoms with E-state index in [4.69, 9.17) is 34.8 Å². The van der Waals surface area contributed by atoms with E-state index in [0.717, 1.165) is 0 Å². The van der Waals surface area contributed by atoms with Gasteiger partial charge in [-0.3, -0.25) is 9.59 Å². The van der Waals surface area contributed by atoms with Crippen molar-refractivity contribution in [2.75, 3.05) is 0 Å². The number of carbonyl (C=O) groups excluding carboxylic acids is 2. The molecule has 1 rings (SSSR count). The number of halogens is 3. The van der Waals surface area contributed by atoms with Gasteiger partial charge in [0.2, 0.25) is 5.78 Å². The molecule has 0 bridgehead atoms. The van der Waals surface area contributed by atoms with E-state index in [9.17, 15) is 9.59 Å². The molecule has 1 aromatic heterocycles. The van der Waals surface area contributed by atoms with Gasteiger partial charge in [-0.2, -0.15) is 0 Å². The Kier molecular flexibility index (Phi) is 3.72. The van der Waals surface area contributed by atoms with Gasteiger partial charge in [0.05, 0.1) is 5.69 Å². The second-order valence-electron chi connectivity index (χ2n) is 3.51. The maximum Gasteiger partial charge on any atom is 0.255 e. The Labute approximate surface area is 108 Å². The number of aromatic amines is 1. The third kappa shape index (κ3) is 2.42. The van der Waals surface area contributed by atoms with E-state index in [1.54, 1.807) is 13.8 Å². The molecule has 3 nitrogen and oxygen atoms in total. The summed E-state index contributed by atoms with van der Waals surface area (Å²) in [5.74, 6) is -0.791. The molecule has 1 aromatic rings. The third-order valence-electron chi connectivity index (χ3n) is 2.27. The SMILES string of the molecule is CC(=O)c1c(C)[nH]c(C(=O)C(Cl)(Cl)Cl)c1C. The van der Waals surface area contributed by atoms with Crippen LogP contribution in [0.5, 0.6) is 0 Å². The molecule has 16 heavy (non-hydrogen) atoms. The van der Waals surface area contributed by atoms with Gasteiger partial charge in [0.15, 0.2) is 5.78 Å². The Bertz CT molecular complexity index is 457. The monoisotopic (exact) mass is 281 g/mol. The van der Waals surface area contributed by atoms with E-state index in [1.165, 1.54) is 6.92 Å². The van der Waals surface area contributed by atoms with Crippen LogP contribution in [0.1, 0.15) is 39.0 Å². The number of aryl methyl sites for hydroxylation is 1. The second kappa shape index (κ2) is 4.40. The highest BCUT2D eigenvalue weighted by molar-refractivity contribution is 6.77. The maximum atomic E-state index is 11.7. The van der Waals surface area contributed by atoms with Crippen LogP contribution in [0.3, 0.4) is 0 Å². The Morgan fingerprint density at radius 1 is 1.19 bits per heavy atom. The van der Waals surface area contributed by atoms with Crippen molar-refractivity contribution in [2.45, 2.75) is 24.6 Å². The van der Waals surface area contributed by atoms with Crippen molar-refractivity contribution in [3.63, 3.8) is 0 Å². The first-order valence-electron chi connectivity index (χ1n) is 4.48. The molecule has 0 aliphatic rings. The van der Waals surface area contributed by atoms with Gasteiger partial charge in [0, 0.05) is 11.3 Å². The molecular weight excluding hydrogens is 272 g/mol. The first-order chi connectivity index (χ1) is 7.16. The number of rotatable bonds is 2. The van der Waals surface area contributed by atoms with Gasteiger partial charge in [0.25, 0.3) is 3.79 Å². The Balaban J connectivity index is 3.34. The number of H-pyrrole nitrogens is 1. The largest absolute Gasteiger partial charge is 0.355 e. The van der Waals surface area contributed by atoms with Gasteiger partial charge in [0.1, 0.15) is 0 Å². The minimum Gasteiger partial charge on any atom is -0.355 e. The summed E-state index contributed by atoms with van der Waals surface area (Å²) in [6.45, 7) is 4.76. The number of Topliss-reactive ketones (excluding diaryl/α,β-unsaturated/α-hetero) is 2. The molecule has 0 atom stereocenters. The molecule has 0 aliphatic carbocycles. The smallest absolute Gasteiger partial charge is 0.255 e. The molecule has 1 N–H and O–H groups in total. The molecule has 0 unspecified atom stereocenters. The fourth-order valence-electron chi connectivity index (χ4n) is 1.65. The number of aromatic nitrogens is 1. The highest BCUT2D eigenvalue weighted by Crippen LogP contribution is 2.32. The zero-order chi connectivity index (χ0) is 12.7. The van der Waals surface area contributed by atoms with Gasteiger partial charge in [-0.15, -0.1) is 0 Å². The van der Waals surface area contributed by atoms with Crippen LogP contribution in [0.2, 0.25) is 0 Å². The summed E-state index contributed by atoms with van der Waals surface area (Å²) in [7, 11) is 0. The van der Waals surface area contributed by atoms with Crippen LogP contribution in [0, 0.1) is 13.8 Å². The molecule has 0 amide bonds. The van der Waals surface area contributed by atoms with Crippen molar-refractivity contribution in [1.82, 2.24) is 4.98 Å². The summed E-state index contributed by atoms with van der Waals surface area (Å²) >= 11 is 16.5. The summed E-state index contributed by atoms with van der Waals surface area (Å²) < 4.78 is -2.02. The average Bonchev–Trinajstić information content (AvgIpc) is 2.38. The lowest BCUT2D eigenvalue weighted by atomic mass is 10.1. The van der Waals surface area contributed by atoms with Crippen LogP contribution in [-0.2, 0) is 0 Å². The van der Waals surface area contributed by atoms with Gasteiger partial charge in [-0.05, 0) is 26.3 Å². The maximum absolute atomic E-state index is 11.7. The summed E-state index contributed by atoms with van der Waals surface area (Å²) in [5.41, 5.74) is 1.75. The van der Waals surface area contributed by atoms with E-state index in [1.807, 2.05) is 0 Å². The van der Waals surface area contributed by atoms with Gasteiger partial charge >= 0.3 is 0 Å². The predicted molar refractivity (Wildman–Crippen MR) is 64.9 cm³/mol. The van der Waals surface area contributed by atoms with Crippen LogP contribution in [0.4, 0.5) is 0 Å². The summed E-state index contributed by atoms with van der Waals surface area (Å²) in [4.78, 5) is 25.9. The van der Waals surface area contributed by atoms with Gasteiger partial charge in [-0.25, -0.2) is 0 Å². The molecule has 6 heteroatoms. The van der Waals surface area contributed by atoms with Crippen molar-refractivity contribution in [2.24, 2.45) is 0 Å². The Hall–Kier alpha value is -0.510. The normalized spacial score (nSPS) is 11.6. The zero-order valence-corrected chi connectivity index (χ0v) is 11.2. The first kappa shape index (κ1) is 13.6. The van der Waals surface area contributed by atoms with E-state index in [-0.39, 0.29) is 11.5 Å². The molecule has 88 valence electrons. The fourth-order valence-corrected chi connectivity index (χ4v) is 1.93. The van der Waals surface area contributed by atoms with Crippen LogP contribution < -0.4 is 0 Å². The minimum atomic E-state index is -2.02. The van der Waals surface area contributed by atoms with E-state index in [0.29, 0.717) is 16.8 Å².